The number of thioether (sulfide) groups is 1. The van der Waals surface area contributed by atoms with E-state index >= 15 is 0 Å². The van der Waals surface area contributed by atoms with E-state index < -0.39 is 5.82 Å². The molecule has 1 aromatic heterocycles. The summed E-state index contributed by atoms with van der Waals surface area (Å²) in [6.07, 6.45) is 0. The van der Waals surface area contributed by atoms with Crippen molar-refractivity contribution in [1.29, 1.82) is 0 Å². The maximum atomic E-state index is 13.7. The van der Waals surface area contributed by atoms with Crippen LogP contribution in [0, 0.1) is 5.82 Å². The van der Waals surface area contributed by atoms with Gasteiger partial charge in [0.05, 0.1) is 25.0 Å². The molecule has 0 atom stereocenters. The number of nitrogens with zero attached hydrogens (tertiary/aromatic N) is 2. The molecule has 0 aliphatic carbocycles. The number of aromatic nitrogens is 2. The summed E-state index contributed by atoms with van der Waals surface area (Å²) in [6.45, 7) is 2.40. The van der Waals surface area contributed by atoms with E-state index in [0.717, 1.165) is 17.8 Å². The third kappa shape index (κ3) is 4.46. The van der Waals surface area contributed by atoms with E-state index in [1.807, 2.05) is 31.2 Å². The van der Waals surface area contributed by atoms with E-state index in [-0.39, 0.29) is 28.1 Å². The lowest BCUT2D eigenvalue weighted by Gasteiger charge is -2.06. The molecule has 140 valence electrons. The average Bonchev–Trinajstić information content (AvgIpc) is 3.15. The standard InChI is InChI=1S/C19H17FN2O4S/c1-3-25-16-7-5-4-6-13(16)18-21-22-19(26-18)27-11-15(23)12-8-9-17(24-2)14(20)10-12/h4-10H,3,11H2,1-2H3. The van der Waals surface area contributed by atoms with Crippen LogP contribution in [-0.4, -0.2) is 35.5 Å². The molecule has 0 saturated heterocycles. The van der Waals surface area contributed by atoms with Gasteiger partial charge < -0.3 is 13.9 Å². The Morgan fingerprint density at radius 3 is 2.74 bits per heavy atom. The molecule has 1 heterocycles. The topological polar surface area (TPSA) is 74.5 Å². The zero-order valence-corrected chi connectivity index (χ0v) is 15.6. The maximum absolute atomic E-state index is 13.7. The van der Waals surface area contributed by atoms with Crippen LogP contribution >= 0.6 is 11.8 Å². The predicted octanol–water partition coefficient (Wildman–Crippen LogP) is 4.26. The van der Waals surface area contributed by atoms with Crippen LogP contribution in [0.3, 0.4) is 0 Å². The third-order valence-electron chi connectivity index (χ3n) is 3.62. The molecule has 0 radical (unpaired) electrons. The molecule has 0 aliphatic rings. The van der Waals surface area contributed by atoms with Crippen LogP contribution in [0.15, 0.2) is 52.1 Å². The van der Waals surface area contributed by atoms with E-state index in [0.29, 0.717) is 23.8 Å². The number of carbonyl (C=O) groups excluding carboxylic acids is 1. The van der Waals surface area contributed by atoms with E-state index in [2.05, 4.69) is 10.2 Å². The molecule has 0 spiro atoms. The number of ketones is 1. The Morgan fingerprint density at radius 1 is 1.19 bits per heavy atom. The molecule has 0 amide bonds. The minimum atomic E-state index is -0.582. The number of Topliss-reactive ketones (excluding diaryl/α,β-unsaturated/α-hetero) is 1. The number of halogens is 1. The Morgan fingerprint density at radius 2 is 2.00 bits per heavy atom. The van der Waals surface area contributed by atoms with Gasteiger partial charge >= 0.3 is 0 Å². The summed E-state index contributed by atoms with van der Waals surface area (Å²) in [4.78, 5) is 12.2. The van der Waals surface area contributed by atoms with Crippen LogP contribution in [0.25, 0.3) is 11.5 Å². The highest BCUT2D eigenvalue weighted by molar-refractivity contribution is 7.99. The van der Waals surface area contributed by atoms with Gasteiger partial charge in [-0.2, -0.15) is 0 Å². The van der Waals surface area contributed by atoms with Crippen molar-refractivity contribution in [3.05, 3.63) is 53.8 Å². The molecule has 0 N–H and O–H groups in total. The van der Waals surface area contributed by atoms with Crippen LogP contribution in [-0.2, 0) is 0 Å². The number of hydrogen-bond acceptors (Lipinski definition) is 7. The van der Waals surface area contributed by atoms with Gasteiger partial charge in [-0.1, -0.05) is 23.9 Å². The van der Waals surface area contributed by atoms with Gasteiger partial charge in [0.25, 0.3) is 11.1 Å². The van der Waals surface area contributed by atoms with Crippen molar-refractivity contribution in [1.82, 2.24) is 10.2 Å². The summed E-state index contributed by atoms with van der Waals surface area (Å²) in [6, 6.07) is 11.4. The van der Waals surface area contributed by atoms with Gasteiger partial charge in [0.2, 0.25) is 0 Å². The monoisotopic (exact) mass is 388 g/mol. The van der Waals surface area contributed by atoms with E-state index in [4.69, 9.17) is 13.9 Å². The van der Waals surface area contributed by atoms with Crippen LogP contribution in [0.4, 0.5) is 4.39 Å². The molecule has 27 heavy (non-hydrogen) atoms. The molecule has 3 aromatic rings. The van der Waals surface area contributed by atoms with E-state index in [1.54, 1.807) is 0 Å². The summed E-state index contributed by atoms with van der Waals surface area (Å²) in [5.74, 6) is 0.251. The molecule has 3 rings (SSSR count). The predicted molar refractivity (Wildman–Crippen MR) is 98.9 cm³/mol. The van der Waals surface area contributed by atoms with Gasteiger partial charge in [-0.3, -0.25) is 4.79 Å². The fraction of sp³-hybridized carbons (Fsp3) is 0.211. The first-order valence-electron chi connectivity index (χ1n) is 8.17. The Labute approximate surface area is 159 Å². The number of methoxy groups -OCH3 is 1. The molecule has 0 aliphatic heterocycles. The molecule has 0 unspecified atom stereocenters. The summed E-state index contributed by atoms with van der Waals surface area (Å²) in [5, 5.41) is 8.21. The first kappa shape index (κ1) is 18.9. The van der Waals surface area contributed by atoms with Gasteiger partial charge in [-0.15, -0.1) is 10.2 Å². The zero-order chi connectivity index (χ0) is 19.2. The molecule has 0 fully saturated rings. The molecular formula is C19H17FN2O4S. The second-order valence-electron chi connectivity index (χ2n) is 5.36. The summed E-state index contributed by atoms with van der Waals surface area (Å²) in [7, 11) is 1.37. The van der Waals surface area contributed by atoms with Crippen LogP contribution in [0.1, 0.15) is 17.3 Å². The van der Waals surface area contributed by atoms with E-state index in [1.165, 1.54) is 19.2 Å². The summed E-state index contributed by atoms with van der Waals surface area (Å²) < 4.78 is 29.7. The Balaban J connectivity index is 1.68. The second-order valence-corrected chi connectivity index (χ2v) is 6.29. The van der Waals surface area contributed by atoms with Crippen molar-refractivity contribution < 1.29 is 23.1 Å². The van der Waals surface area contributed by atoms with Gasteiger partial charge in [0.1, 0.15) is 5.75 Å². The van der Waals surface area contributed by atoms with Gasteiger partial charge in [-0.05, 0) is 37.3 Å². The van der Waals surface area contributed by atoms with Crippen molar-refractivity contribution in [3.8, 4) is 23.0 Å². The average molecular weight is 388 g/mol. The highest BCUT2D eigenvalue weighted by Crippen LogP contribution is 2.31. The van der Waals surface area contributed by atoms with Gasteiger partial charge in [-0.25, -0.2) is 4.39 Å². The highest BCUT2D eigenvalue weighted by atomic mass is 32.2. The van der Waals surface area contributed by atoms with Crippen LogP contribution in [0.2, 0.25) is 0 Å². The Hall–Kier alpha value is -2.87. The smallest absolute Gasteiger partial charge is 0.277 e. The molecule has 6 nitrogen and oxygen atoms in total. The fourth-order valence-electron chi connectivity index (χ4n) is 2.35. The van der Waals surface area contributed by atoms with Gasteiger partial charge in [0.15, 0.2) is 17.3 Å². The first-order valence-corrected chi connectivity index (χ1v) is 9.16. The lowest BCUT2D eigenvalue weighted by atomic mass is 10.1. The lowest BCUT2D eigenvalue weighted by molar-refractivity contribution is 0.102. The van der Waals surface area contributed by atoms with Crippen molar-refractivity contribution in [2.24, 2.45) is 0 Å². The first-order chi connectivity index (χ1) is 13.1. The van der Waals surface area contributed by atoms with Crippen molar-refractivity contribution in [3.63, 3.8) is 0 Å². The quantitative estimate of drug-likeness (QED) is 0.422. The molecule has 2 aromatic carbocycles. The molecule has 0 saturated carbocycles. The summed E-state index contributed by atoms with van der Waals surface area (Å²) in [5.41, 5.74) is 0.935. The lowest BCUT2D eigenvalue weighted by Crippen LogP contribution is -2.03. The Bertz CT molecular complexity index is 945. The van der Waals surface area contributed by atoms with Gasteiger partial charge in [0, 0.05) is 5.56 Å². The minimum Gasteiger partial charge on any atom is -0.494 e. The number of benzene rings is 2. The molecular weight excluding hydrogens is 371 g/mol. The van der Waals surface area contributed by atoms with E-state index in [9.17, 15) is 9.18 Å². The SMILES string of the molecule is CCOc1ccccc1-c1nnc(SCC(=O)c2ccc(OC)c(F)c2)o1. The zero-order valence-electron chi connectivity index (χ0n) is 14.8. The maximum Gasteiger partial charge on any atom is 0.277 e. The van der Waals surface area contributed by atoms with Crippen molar-refractivity contribution in [2.75, 3.05) is 19.5 Å². The Kier molecular flexibility index (Phi) is 6.08. The minimum absolute atomic E-state index is 0.0422. The third-order valence-corrected chi connectivity index (χ3v) is 4.44. The molecule has 0 bridgehead atoms. The molecule has 8 heteroatoms. The van der Waals surface area contributed by atoms with Crippen molar-refractivity contribution >= 4 is 17.5 Å². The van der Waals surface area contributed by atoms with Crippen LogP contribution in [0.5, 0.6) is 11.5 Å². The number of rotatable bonds is 8. The van der Waals surface area contributed by atoms with Crippen molar-refractivity contribution in [2.45, 2.75) is 12.1 Å². The normalized spacial score (nSPS) is 10.6. The fourth-order valence-corrected chi connectivity index (χ4v) is 3.01. The second kappa shape index (κ2) is 8.68. The number of para-hydroxylation sites is 1. The number of hydrogen-bond donors (Lipinski definition) is 0. The van der Waals surface area contributed by atoms with Crippen LogP contribution < -0.4 is 9.47 Å². The number of ether oxygens (including phenoxy) is 2. The number of carbonyl (C=O) groups is 1. The summed E-state index contributed by atoms with van der Waals surface area (Å²) >= 11 is 1.09. The largest absolute Gasteiger partial charge is 0.494 e. The highest BCUT2D eigenvalue weighted by Gasteiger charge is 2.16.